The molecule has 0 saturated heterocycles. The van der Waals surface area contributed by atoms with Crippen LogP contribution in [0.3, 0.4) is 0 Å². The summed E-state index contributed by atoms with van der Waals surface area (Å²) in [6.45, 7) is 0.649. The number of halogens is 3. The number of ether oxygens (including phenoxy) is 2. The molecule has 0 amide bonds. The van der Waals surface area contributed by atoms with E-state index >= 15 is 0 Å². The van der Waals surface area contributed by atoms with E-state index in [4.69, 9.17) is 9.47 Å². The Hall–Kier alpha value is -2.44. The van der Waals surface area contributed by atoms with Gasteiger partial charge in [-0.2, -0.15) is 13.2 Å². The van der Waals surface area contributed by atoms with Gasteiger partial charge in [-0.05, 0) is 43.4 Å². The molecule has 1 aliphatic rings. The topological polar surface area (TPSA) is 137 Å². The fourth-order valence-electron chi connectivity index (χ4n) is 4.17. The lowest BCUT2D eigenvalue weighted by Crippen LogP contribution is -2.32. The van der Waals surface area contributed by atoms with Gasteiger partial charge in [-0.25, -0.2) is 0 Å². The lowest BCUT2D eigenvalue weighted by Gasteiger charge is -2.23. The van der Waals surface area contributed by atoms with Crippen LogP contribution in [-0.4, -0.2) is 76.2 Å². The normalized spacial score (nSPS) is 23.0. The summed E-state index contributed by atoms with van der Waals surface area (Å²) in [7, 11) is 0. The first kappa shape index (κ1) is 32.8. The third-order valence-corrected chi connectivity index (χ3v) is 6.73. The molecule has 220 valence electrons. The van der Waals surface area contributed by atoms with E-state index < -0.39 is 47.4 Å². The SMILES string of the molecule is CC(CO)(CO)COC(=O)CCCC=CCC1C(O)CC(O)C1C=CC(O)COc1cccc(C(F)(F)F)c1. The molecule has 8 nitrogen and oxygen atoms in total. The fourth-order valence-corrected chi connectivity index (χ4v) is 4.17. The number of esters is 1. The van der Waals surface area contributed by atoms with Crippen LogP contribution < -0.4 is 4.74 Å². The van der Waals surface area contributed by atoms with Gasteiger partial charge in [-0.3, -0.25) is 4.79 Å². The number of unbranched alkanes of at least 4 members (excludes halogenated alkanes) is 1. The van der Waals surface area contributed by atoms with Gasteiger partial charge in [0.05, 0.1) is 31.0 Å². The van der Waals surface area contributed by atoms with Crippen molar-refractivity contribution in [1.82, 2.24) is 0 Å². The van der Waals surface area contributed by atoms with Gasteiger partial charge in [-0.1, -0.05) is 37.3 Å². The zero-order valence-electron chi connectivity index (χ0n) is 22.0. The van der Waals surface area contributed by atoms with E-state index in [0.717, 1.165) is 12.1 Å². The van der Waals surface area contributed by atoms with Crippen molar-refractivity contribution in [3.63, 3.8) is 0 Å². The number of benzene rings is 1. The highest BCUT2D eigenvalue weighted by atomic mass is 19.4. The molecule has 0 heterocycles. The predicted molar refractivity (Wildman–Crippen MR) is 137 cm³/mol. The maximum Gasteiger partial charge on any atom is 0.416 e. The number of hydrogen-bond acceptors (Lipinski definition) is 8. The smallest absolute Gasteiger partial charge is 0.416 e. The van der Waals surface area contributed by atoms with Gasteiger partial charge in [0, 0.05) is 24.2 Å². The maximum absolute atomic E-state index is 12.8. The van der Waals surface area contributed by atoms with Gasteiger partial charge in [0.15, 0.2) is 0 Å². The molecule has 2 rings (SSSR count). The Morgan fingerprint density at radius 2 is 1.87 bits per heavy atom. The second kappa shape index (κ2) is 15.4. The minimum atomic E-state index is -4.50. The Morgan fingerprint density at radius 3 is 2.54 bits per heavy atom. The molecular formula is C28H39F3O8. The quantitative estimate of drug-likeness (QED) is 0.126. The van der Waals surface area contributed by atoms with E-state index in [1.54, 1.807) is 13.0 Å². The number of aliphatic hydroxyl groups excluding tert-OH is 5. The van der Waals surface area contributed by atoms with Crippen molar-refractivity contribution in [1.29, 1.82) is 0 Å². The number of hydrogen-bond donors (Lipinski definition) is 5. The Kier molecular flexibility index (Phi) is 12.9. The van der Waals surface area contributed by atoms with Crippen LogP contribution in [0.5, 0.6) is 5.75 Å². The zero-order chi connectivity index (χ0) is 29.1. The Balaban J connectivity index is 1.78. The highest BCUT2D eigenvalue weighted by molar-refractivity contribution is 5.69. The van der Waals surface area contributed by atoms with E-state index in [1.807, 2.05) is 12.2 Å². The van der Waals surface area contributed by atoms with Crippen molar-refractivity contribution in [3.8, 4) is 5.75 Å². The molecule has 0 aliphatic heterocycles. The monoisotopic (exact) mass is 560 g/mol. The van der Waals surface area contributed by atoms with Crippen LogP contribution in [0.4, 0.5) is 13.2 Å². The van der Waals surface area contributed by atoms with E-state index in [0.29, 0.717) is 19.3 Å². The first-order chi connectivity index (χ1) is 18.4. The number of aliphatic hydroxyl groups is 5. The molecule has 0 spiro atoms. The predicted octanol–water partition coefficient (Wildman–Crippen LogP) is 3.01. The minimum Gasteiger partial charge on any atom is -0.491 e. The molecule has 5 atom stereocenters. The number of allylic oxidation sites excluding steroid dienone is 2. The summed E-state index contributed by atoms with van der Waals surface area (Å²) in [5.41, 5.74) is -1.73. The molecule has 1 aliphatic carbocycles. The van der Waals surface area contributed by atoms with Gasteiger partial charge < -0.3 is 35.0 Å². The van der Waals surface area contributed by atoms with E-state index in [1.165, 1.54) is 18.2 Å². The first-order valence-electron chi connectivity index (χ1n) is 12.9. The van der Waals surface area contributed by atoms with Gasteiger partial charge >= 0.3 is 12.1 Å². The Labute approximate surface area is 226 Å². The van der Waals surface area contributed by atoms with E-state index in [-0.39, 0.29) is 50.9 Å². The fraction of sp³-hybridized carbons (Fsp3) is 0.607. The lowest BCUT2D eigenvalue weighted by molar-refractivity contribution is -0.149. The molecular weight excluding hydrogens is 521 g/mol. The van der Waals surface area contributed by atoms with Crippen molar-refractivity contribution < 1.29 is 53.0 Å². The summed E-state index contributed by atoms with van der Waals surface area (Å²) < 4.78 is 48.9. The van der Waals surface area contributed by atoms with Crippen LogP contribution in [-0.2, 0) is 15.7 Å². The van der Waals surface area contributed by atoms with Crippen molar-refractivity contribution in [2.24, 2.45) is 17.3 Å². The molecule has 0 bridgehead atoms. The Morgan fingerprint density at radius 1 is 1.15 bits per heavy atom. The van der Waals surface area contributed by atoms with Crippen LogP contribution >= 0.6 is 0 Å². The summed E-state index contributed by atoms with van der Waals surface area (Å²) in [6, 6.07) is 4.35. The molecule has 5 unspecified atom stereocenters. The van der Waals surface area contributed by atoms with Gasteiger partial charge in [0.2, 0.25) is 0 Å². The highest BCUT2D eigenvalue weighted by Gasteiger charge is 2.39. The molecule has 0 radical (unpaired) electrons. The number of alkyl halides is 3. The van der Waals surface area contributed by atoms with Crippen LogP contribution in [0.25, 0.3) is 0 Å². The summed E-state index contributed by atoms with van der Waals surface area (Å²) in [5.74, 6) is -1.19. The Bertz CT molecular complexity index is 945. The number of carbonyl (C=O) groups is 1. The standard InChI is InChI=1S/C28H39F3O8/c1-27(16-32,17-33)18-39-26(37)10-5-3-2-4-9-22-23(25(36)14-24(22)35)12-11-20(34)15-38-21-8-6-7-19(13-21)28(29,30)31/h2,4,6-8,11-13,20,22-25,32-36H,3,5,9-10,14-18H2,1H3. The van der Waals surface area contributed by atoms with Crippen LogP contribution in [0.15, 0.2) is 48.6 Å². The molecule has 39 heavy (non-hydrogen) atoms. The van der Waals surface area contributed by atoms with Gasteiger partial charge in [-0.15, -0.1) is 0 Å². The van der Waals surface area contributed by atoms with Crippen LogP contribution in [0.2, 0.25) is 0 Å². The summed E-state index contributed by atoms with van der Waals surface area (Å²) in [6.07, 6.45) is 1.46. The summed E-state index contributed by atoms with van der Waals surface area (Å²) in [4.78, 5) is 11.8. The van der Waals surface area contributed by atoms with Gasteiger partial charge in [0.1, 0.15) is 25.1 Å². The summed E-state index contributed by atoms with van der Waals surface area (Å²) in [5, 5.41) is 49.4. The molecule has 0 aromatic heterocycles. The highest BCUT2D eigenvalue weighted by Crippen LogP contribution is 2.36. The van der Waals surface area contributed by atoms with E-state index in [9.17, 15) is 43.5 Å². The van der Waals surface area contributed by atoms with Crippen molar-refractivity contribution in [2.75, 3.05) is 26.4 Å². The zero-order valence-corrected chi connectivity index (χ0v) is 22.0. The number of rotatable bonds is 15. The molecule has 11 heteroatoms. The van der Waals surface area contributed by atoms with Crippen LogP contribution in [0.1, 0.15) is 44.6 Å². The molecule has 5 N–H and O–H groups in total. The van der Waals surface area contributed by atoms with Crippen LogP contribution in [0, 0.1) is 17.3 Å². The summed E-state index contributed by atoms with van der Waals surface area (Å²) >= 11 is 0. The first-order valence-corrected chi connectivity index (χ1v) is 12.9. The minimum absolute atomic E-state index is 0.0290. The molecule has 1 fully saturated rings. The molecule has 1 aromatic carbocycles. The second-order valence-electron chi connectivity index (χ2n) is 10.3. The average molecular weight is 561 g/mol. The van der Waals surface area contributed by atoms with Gasteiger partial charge in [0.25, 0.3) is 0 Å². The second-order valence-corrected chi connectivity index (χ2v) is 10.3. The third kappa shape index (κ3) is 10.9. The lowest BCUT2D eigenvalue weighted by atomic mass is 9.89. The van der Waals surface area contributed by atoms with Crippen molar-refractivity contribution in [3.05, 3.63) is 54.1 Å². The van der Waals surface area contributed by atoms with Crippen molar-refractivity contribution >= 4 is 5.97 Å². The number of carbonyl (C=O) groups excluding carboxylic acids is 1. The average Bonchev–Trinajstić information content (AvgIpc) is 3.17. The third-order valence-electron chi connectivity index (χ3n) is 6.73. The largest absolute Gasteiger partial charge is 0.491 e. The molecule has 1 saturated carbocycles. The maximum atomic E-state index is 12.8. The molecule has 1 aromatic rings. The van der Waals surface area contributed by atoms with E-state index in [2.05, 4.69) is 0 Å². The van der Waals surface area contributed by atoms with Crippen molar-refractivity contribution in [2.45, 2.75) is 63.5 Å².